The van der Waals surface area contributed by atoms with Gasteiger partial charge in [0.25, 0.3) is 0 Å². The van der Waals surface area contributed by atoms with E-state index in [0.29, 0.717) is 6.42 Å². The highest BCUT2D eigenvalue weighted by atomic mass is 16.1. The molecule has 0 saturated heterocycles. The van der Waals surface area contributed by atoms with Crippen molar-refractivity contribution in [3.8, 4) is 11.1 Å². The van der Waals surface area contributed by atoms with E-state index in [2.05, 4.69) is 31.2 Å². The van der Waals surface area contributed by atoms with Crippen LogP contribution in [-0.4, -0.2) is 5.78 Å². The fourth-order valence-electron chi connectivity index (χ4n) is 2.88. The van der Waals surface area contributed by atoms with Crippen molar-refractivity contribution in [3.05, 3.63) is 95.6 Å². The van der Waals surface area contributed by atoms with Crippen LogP contribution in [0.2, 0.25) is 0 Å². The molecule has 0 aliphatic rings. The van der Waals surface area contributed by atoms with Crippen molar-refractivity contribution >= 4 is 5.78 Å². The minimum atomic E-state index is 0.158. The summed E-state index contributed by atoms with van der Waals surface area (Å²) in [5, 5.41) is 0. The van der Waals surface area contributed by atoms with E-state index in [4.69, 9.17) is 0 Å². The van der Waals surface area contributed by atoms with E-state index < -0.39 is 0 Å². The summed E-state index contributed by atoms with van der Waals surface area (Å²) in [7, 11) is 0. The second kappa shape index (κ2) is 7.74. The first-order valence-electron chi connectivity index (χ1n) is 8.53. The molecule has 0 bridgehead atoms. The number of hydrogen-bond acceptors (Lipinski definition) is 1. The smallest absolute Gasteiger partial charge is 0.167 e. The van der Waals surface area contributed by atoms with Crippen LogP contribution in [0.3, 0.4) is 0 Å². The van der Waals surface area contributed by atoms with Crippen molar-refractivity contribution in [1.82, 2.24) is 0 Å². The standard InChI is InChI=1S/C23H22O/c1-2-6-18-9-11-20(12-10-18)21-13-15-22(16-14-21)23(24)17-19-7-4-3-5-8-19/h3-5,7-16H,2,6,17H2,1H3. The second-order valence-corrected chi connectivity index (χ2v) is 6.11. The maximum atomic E-state index is 12.4. The molecule has 0 aliphatic heterocycles. The van der Waals surface area contributed by atoms with Crippen LogP contribution >= 0.6 is 0 Å². The first kappa shape index (κ1) is 16.2. The molecule has 0 atom stereocenters. The lowest BCUT2D eigenvalue weighted by molar-refractivity contribution is 0.0993. The Morgan fingerprint density at radius 2 is 1.29 bits per heavy atom. The van der Waals surface area contributed by atoms with Crippen molar-refractivity contribution in [1.29, 1.82) is 0 Å². The molecule has 1 nitrogen and oxygen atoms in total. The Morgan fingerprint density at radius 3 is 1.88 bits per heavy atom. The van der Waals surface area contributed by atoms with Crippen LogP contribution in [0.1, 0.15) is 34.8 Å². The molecule has 0 saturated carbocycles. The zero-order valence-corrected chi connectivity index (χ0v) is 14.0. The maximum Gasteiger partial charge on any atom is 0.167 e. The van der Waals surface area contributed by atoms with Gasteiger partial charge in [-0.3, -0.25) is 4.79 Å². The average Bonchev–Trinajstić information content (AvgIpc) is 2.64. The first-order valence-corrected chi connectivity index (χ1v) is 8.53. The van der Waals surface area contributed by atoms with Crippen LogP contribution in [-0.2, 0) is 12.8 Å². The van der Waals surface area contributed by atoms with Crippen molar-refractivity contribution in [3.63, 3.8) is 0 Å². The third-order valence-electron chi connectivity index (χ3n) is 4.24. The van der Waals surface area contributed by atoms with Gasteiger partial charge in [-0.25, -0.2) is 0 Å². The average molecular weight is 314 g/mol. The summed E-state index contributed by atoms with van der Waals surface area (Å²) < 4.78 is 0. The van der Waals surface area contributed by atoms with Crippen LogP contribution in [0.15, 0.2) is 78.9 Å². The predicted octanol–water partition coefficient (Wildman–Crippen LogP) is 5.73. The van der Waals surface area contributed by atoms with Crippen LogP contribution in [0.5, 0.6) is 0 Å². The van der Waals surface area contributed by atoms with E-state index in [1.165, 1.54) is 11.1 Å². The van der Waals surface area contributed by atoms with Gasteiger partial charge < -0.3 is 0 Å². The summed E-state index contributed by atoms with van der Waals surface area (Å²) in [6.45, 7) is 2.19. The van der Waals surface area contributed by atoms with Gasteiger partial charge in [-0.2, -0.15) is 0 Å². The number of rotatable bonds is 6. The summed E-state index contributed by atoms with van der Waals surface area (Å²) in [4.78, 5) is 12.4. The Balaban J connectivity index is 1.71. The molecule has 0 heterocycles. The highest BCUT2D eigenvalue weighted by Gasteiger charge is 2.07. The lowest BCUT2D eigenvalue weighted by Crippen LogP contribution is -2.03. The lowest BCUT2D eigenvalue weighted by atomic mass is 9.98. The summed E-state index contributed by atoms with van der Waals surface area (Å²) in [5.41, 5.74) is 5.53. The Kier molecular flexibility index (Phi) is 5.22. The molecule has 0 aliphatic carbocycles. The Bertz CT molecular complexity index is 784. The molecule has 0 unspecified atom stereocenters. The summed E-state index contributed by atoms with van der Waals surface area (Å²) in [6.07, 6.45) is 2.73. The fourth-order valence-corrected chi connectivity index (χ4v) is 2.88. The van der Waals surface area contributed by atoms with Crippen LogP contribution < -0.4 is 0 Å². The van der Waals surface area contributed by atoms with Gasteiger partial charge in [-0.05, 0) is 28.7 Å². The van der Waals surface area contributed by atoms with Crippen LogP contribution in [0.25, 0.3) is 11.1 Å². The summed E-state index contributed by atoms with van der Waals surface area (Å²) >= 11 is 0. The molecule has 3 rings (SSSR count). The van der Waals surface area contributed by atoms with Gasteiger partial charge in [-0.1, -0.05) is 92.2 Å². The first-order chi connectivity index (χ1) is 11.8. The van der Waals surface area contributed by atoms with Gasteiger partial charge in [-0.15, -0.1) is 0 Å². The van der Waals surface area contributed by atoms with Gasteiger partial charge in [0.05, 0.1) is 0 Å². The molecule has 0 N–H and O–H groups in total. The van der Waals surface area contributed by atoms with Crippen molar-refractivity contribution < 1.29 is 4.79 Å². The monoisotopic (exact) mass is 314 g/mol. The third kappa shape index (κ3) is 3.99. The molecular weight excluding hydrogens is 292 g/mol. The summed E-state index contributed by atoms with van der Waals surface area (Å²) in [6, 6.07) is 26.5. The number of aryl methyl sites for hydroxylation is 1. The molecule has 120 valence electrons. The SMILES string of the molecule is CCCc1ccc(-c2ccc(C(=O)Cc3ccccc3)cc2)cc1. The molecule has 3 aromatic rings. The van der Waals surface area contributed by atoms with Gasteiger partial charge in [0.1, 0.15) is 0 Å². The molecule has 0 fully saturated rings. The number of carbonyl (C=O) groups is 1. The van der Waals surface area contributed by atoms with Gasteiger partial charge in [0, 0.05) is 12.0 Å². The lowest BCUT2D eigenvalue weighted by Gasteiger charge is -2.06. The van der Waals surface area contributed by atoms with Gasteiger partial charge in [0.2, 0.25) is 0 Å². The Labute approximate surface area is 144 Å². The topological polar surface area (TPSA) is 17.1 Å². The number of hydrogen-bond donors (Lipinski definition) is 0. The molecule has 0 radical (unpaired) electrons. The second-order valence-electron chi connectivity index (χ2n) is 6.11. The van der Waals surface area contributed by atoms with Crippen LogP contribution in [0, 0.1) is 0 Å². The Morgan fingerprint density at radius 1 is 0.708 bits per heavy atom. The summed E-state index contributed by atoms with van der Waals surface area (Å²) in [5.74, 6) is 0.158. The van der Waals surface area contributed by atoms with E-state index >= 15 is 0 Å². The van der Waals surface area contributed by atoms with Crippen LogP contribution in [0.4, 0.5) is 0 Å². The highest BCUT2D eigenvalue weighted by Crippen LogP contribution is 2.21. The fraction of sp³-hybridized carbons (Fsp3) is 0.174. The maximum absolute atomic E-state index is 12.4. The molecule has 0 spiro atoms. The van der Waals surface area contributed by atoms with Gasteiger partial charge in [0.15, 0.2) is 5.78 Å². The largest absolute Gasteiger partial charge is 0.294 e. The molecule has 3 aromatic carbocycles. The molecule has 24 heavy (non-hydrogen) atoms. The Hall–Kier alpha value is -2.67. The van der Waals surface area contributed by atoms with Gasteiger partial charge >= 0.3 is 0 Å². The molecule has 0 aromatic heterocycles. The van der Waals surface area contributed by atoms with Crippen molar-refractivity contribution in [2.45, 2.75) is 26.2 Å². The van der Waals surface area contributed by atoms with E-state index in [-0.39, 0.29) is 5.78 Å². The zero-order chi connectivity index (χ0) is 16.8. The van der Waals surface area contributed by atoms with E-state index in [1.54, 1.807) is 0 Å². The normalized spacial score (nSPS) is 10.5. The van der Waals surface area contributed by atoms with Crippen molar-refractivity contribution in [2.24, 2.45) is 0 Å². The quantitative estimate of drug-likeness (QED) is 0.531. The van der Waals surface area contributed by atoms with Crippen molar-refractivity contribution in [2.75, 3.05) is 0 Å². The predicted molar refractivity (Wildman–Crippen MR) is 100 cm³/mol. The number of benzene rings is 3. The van der Waals surface area contributed by atoms with E-state index in [9.17, 15) is 4.79 Å². The number of ketones is 1. The van der Waals surface area contributed by atoms with E-state index in [0.717, 1.165) is 29.5 Å². The minimum absolute atomic E-state index is 0.158. The molecular formula is C23H22O. The zero-order valence-electron chi connectivity index (χ0n) is 14.0. The third-order valence-corrected chi connectivity index (χ3v) is 4.24. The molecule has 1 heteroatoms. The van der Waals surface area contributed by atoms with E-state index in [1.807, 2.05) is 54.6 Å². The highest BCUT2D eigenvalue weighted by molar-refractivity contribution is 5.97. The minimum Gasteiger partial charge on any atom is -0.294 e. The number of Topliss-reactive ketones (excluding diaryl/α,β-unsaturated/α-hetero) is 1. The molecule has 0 amide bonds. The number of carbonyl (C=O) groups excluding carboxylic acids is 1.